The van der Waals surface area contributed by atoms with Crippen LogP contribution in [0.15, 0.2) is 0 Å². The molecule has 0 unspecified atom stereocenters. The van der Waals surface area contributed by atoms with E-state index in [0.29, 0.717) is 11.8 Å². The molecule has 21 heavy (non-hydrogen) atoms. The molecule has 0 radical (unpaired) electrons. The zero-order valence-corrected chi connectivity index (χ0v) is 15.4. The average Bonchev–Trinajstić information content (AvgIpc) is 2.37. The van der Waals surface area contributed by atoms with Crippen LogP contribution < -0.4 is 5.73 Å². The second-order valence-electron chi connectivity index (χ2n) is 8.32. The zero-order chi connectivity index (χ0) is 16.0. The fraction of sp³-hybridized carbons (Fsp3) is 1.00. The Bertz CT molecular complexity index is 268. The summed E-state index contributed by atoms with van der Waals surface area (Å²) in [6.07, 6.45) is 2.46. The van der Waals surface area contributed by atoms with Crippen LogP contribution in [0.1, 0.15) is 54.4 Å². The summed E-state index contributed by atoms with van der Waals surface area (Å²) >= 11 is 0. The maximum absolute atomic E-state index is 6.28. The van der Waals surface area contributed by atoms with Gasteiger partial charge in [-0.1, -0.05) is 41.5 Å². The molecule has 0 aromatic carbocycles. The molecular weight excluding hydrogens is 258 g/mol. The lowest BCUT2D eigenvalue weighted by Gasteiger charge is -2.50. The van der Waals surface area contributed by atoms with Gasteiger partial charge in [0.25, 0.3) is 0 Å². The minimum absolute atomic E-state index is 0.238. The van der Waals surface area contributed by atoms with Crippen molar-refractivity contribution in [3.8, 4) is 0 Å². The van der Waals surface area contributed by atoms with Crippen molar-refractivity contribution in [2.24, 2.45) is 23.5 Å². The molecule has 1 rings (SSSR count). The van der Waals surface area contributed by atoms with Gasteiger partial charge in [-0.05, 0) is 43.7 Å². The lowest BCUT2D eigenvalue weighted by Crippen LogP contribution is -2.61. The van der Waals surface area contributed by atoms with E-state index in [1.165, 1.54) is 45.6 Å². The van der Waals surface area contributed by atoms with E-state index in [9.17, 15) is 0 Å². The zero-order valence-electron chi connectivity index (χ0n) is 15.4. The first-order chi connectivity index (χ1) is 9.79. The van der Waals surface area contributed by atoms with Gasteiger partial charge in [-0.2, -0.15) is 0 Å². The molecule has 0 aliphatic carbocycles. The van der Waals surface area contributed by atoms with E-state index in [4.69, 9.17) is 5.73 Å². The minimum Gasteiger partial charge on any atom is -0.329 e. The van der Waals surface area contributed by atoms with Gasteiger partial charge in [0, 0.05) is 31.7 Å². The molecule has 0 aromatic rings. The van der Waals surface area contributed by atoms with Crippen molar-refractivity contribution in [3.05, 3.63) is 0 Å². The van der Waals surface area contributed by atoms with Crippen LogP contribution in [0.2, 0.25) is 0 Å². The summed E-state index contributed by atoms with van der Waals surface area (Å²) in [5.41, 5.74) is 6.52. The molecule has 1 saturated heterocycles. The fourth-order valence-electron chi connectivity index (χ4n) is 3.66. The van der Waals surface area contributed by atoms with E-state index in [1.54, 1.807) is 0 Å². The van der Waals surface area contributed by atoms with Crippen LogP contribution in [0, 0.1) is 17.8 Å². The lowest BCUT2D eigenvalue weighted by molar-refractivity contribution is 0.00900. The van der Waals surface area contributed by atoms with E-state index in [2.05, 4.69) is 51.3 Å². The van der Waals surface area contributed by atoms with Crippen LogP contribution in [0.25, 0.3) is 0 Å². The standard InChI is InChI=1S/C18H39N3/c1-15(2)11-20-9-7-18(14-19,8-10-20)21(12-16(3)4)13-17(5)6/h15-17H,7-14,19H2,1-6H3. The molecule has 0 atom stereocenters. The predicted octanol–water partition coefficient (Wildman–Crippen LogP) is 3.05. The number of likely N-dealkylation sites (tertiary alicyclic amines) is 1. The summed E-state index contributed by atoms with van der Waals surface area (Å²) in [7, 11) is 0. The van der Waals surface area contributed by atoms with Crippen molar-refractivity contribution >= 4 is 0 Å². The molecule has 1 heterocycles. The number of nitrogens with two attached hydrogens (primary N) is 1. The Hall–Kier alpha value is -0.120. The highest BCUT2D eigenvalue weighted by Gasteiger charge is 2.39. The SMILES string of the molecule is CC(C)CN1CCC(CN)(N(CC(C)C)CC(C)C)CC1. The van der Waals surface area contributed by atoms with Gasteiger partial charge < -0.3 is 10.6 Å². The minimum atomic E-state index is 0.238. The summed E-state index contributed by atoms with van der Waals surface area (Å²) in [4.78, 5) is 5.34. The second kappa shape index (κ2) is 8.50. The van der Waals surface area contributed by atoms with Crippen LogP contribution in [-0.4, -0.2) is 54.6 Å². The van der Waals surface area contributed by atoms with Crippen molar-refractivity contribution in [1.82, 2.24) is 9.80 Å². The number of hydrogen-bond donors (Lipinski definition) is 1. The number of nitrogens with zero attached hydrogens (tertiary/aromatic N) is 2. The highest BCUT2D eigenvalue weighted by Crippen LogP contribution is 2.30. The maximum Gasteiger partial charge on any atom is 0.0356 e. The molecule has 1 aliphatic rings. The Morgan fingerprint density at radius 2 is 1.38 bits per heavy atom. The van der Waals surface area contributed by atoms with Crippen LogP contribution in [0.5, 0.6) is 0 Å². The quantitative estimate of drug-likeness (QED) is 0.747. The van der Waals surface area contributed by atoms with Crippen molar-refractivity contribution in [3.63, 3.8) is 0 Å². The molecule has 3 heteroatoms. The maximum atomic E-state index is 6.28. The van der Waals surface area contributed by atoms with Crippen LogP contribution in [0.4, 0.5) is 0 Å². The van der Waals surface area contributed by atoms with Gasteiger partial charge in [-0.3, -0.25) is 4.90 Å². The Morgan fingerprint density at radius 1 is 0.905 bits per heavy atom. The molecule has 2 N–H and O–H groups in total. The summed E-state index contributed by atoms with van der Waals surface area (Å²) in [6.45, 7) is 20.7. The van der Waals surface area contributed by atoms with Crippen molar-refractivity contribution in [2.45, 2.75) is 59.9 Å². The Labute approximate surface area is 133 Å². The van der Waals surface area contributed by atoms with Gasteiger partial charge in [0.05, 0.1) is 0 Å². The van der Waals surface area contributed by atoms with Crippen LogP contribution >= 0.6 is 0 Å². The molecule has 1 fully saturated rings. The van der Waals surface area contributed by atoms with Crippen molar-refractivity contribution in [2.75, 3.05) is 39.3 Å². The second-order valence-corrected chi connectivity index (χ2v) is 8.32. The summed E-state index contributed by atoms with van der Waals surface area (Å²) in [5.74, 6) is 2.18. The van der Waals surface area contributed by atoms with E-state index >= 15 is 0 Å². The molecule has 0 amide bonds. The third-order valence-electron chi connectivity index (χ3n) is 4.63. The van der Waals surface area contributed by atoms with Gasteiger partial charge in [-0.15, -0.1) is 0 Å². The molecule has 126 valence electrons. The first-order valence-corrected chi connectivity index (χ1v) is 8.96. The Balaban J connectivity index is 2.73. The molecule has 1 aliphatic heterocycles. The Morgan fingerprint density at radius 3 is 1.71 bits per heavy atom. The van der Waals surface area contributed by atoms with Crippen molar-refractivity contribution in [1.29, 1.82) is 0 Å². The smallest absolute Gasteiger partial charge is 0.0356 e. The monoisotopic (exact) mass is 297 g/mol. The fourth-order valence-corrected chi connectivity index (χ4v) is 3.66. The topological polar surface area (TPSA) is 32.5 Å². The highest BCUT2D eigenvalue weighted by molar-refractivity contribution is 4.97. The lowest BCUT2D eigenvalue weighted by atomic mass is 9.84. The summed E-state index contributed by atoms with van der Waals surface area (Å²) in [5, 5.41) is 0. The number of piperidine rings is 1. The number of hydrogen-bond acceptors (Lipinski definition) is 3. The van der Waals surface area contributed by atoms with Gasteiger partial charge in [0.1, 0.15) is 0 Å². The summed E-state index contributed by atoms with van der Waals surface area (Å²) < 4.78 is 0. The normalized spacial score (nSPS) is 20.1. The first-order valence-electron chi connectivity index (χ1n) is 8.96. The molecule has 0 aromatic heterocycles. The average molecular weight is 298 g/mol. The van der Waals surface area contributed by atoms with Gasteiger partial charge in [0.15, 0.2) is 0 Å². The van der Waals surface area contributed by atoms with E-state index in [0.717, 1.165) is 12.5 Å². The number of rotatable bonds is 8. The van der Waals surface area contributed by atoms with Crippen LogP contribution in [0.3, 0.4) is 0 Å². The highest BCUT2D eigenvalue weighted by atomic mass is 15.2. The third kappa shape index (κ3) is 5.88. The van der Waals surface area contributed by atoms with Crippen molar-refractivity contribution < 1.29 is 0 Å². The molecule has 0 spiro atoms. The van der Waals surface area contributed by atoms with E-state index < -0.39 is 0 Å². The van der Waals surface area contributed by atoms with Gasteiger partial charge >= 0.3 is 0 Å². The van der Waals surface area contributed by atoms with E-state index in [-0.39, 0.29) is 5.54 Å². The van der Waals surface area contributed by atoms with Gasteiger partial charge in [0.2, 0.25) is 0 Å². The predicted molar refractivity (Wildman–Crippen MR) is 93.5 cm³/mol. The summed E-state index contributed by atoms with van der Waals surface area (Å²) in [6, 6.07) is 0. The first kappa shape index (κ1) is 18.9. The molecule has 3 nitrogen and oxygen atoms in total. The molecular formula is C18H39N3. The molecule has 0 saturated carbocycles. The van der Waals surface area contributed by atoms with E-state index in [1.807, 2.05) is 0 Å². The van der Waals surface area contributed by atoms with Gasteiger partial charge in [-0.25, -0.2) is 0 Å². The van der Waals surface area contributed by atoms with Crippen LogP contribution in [-0.2, 0) is 0 Å². The largest absolute Gasteiger partial charge is 0.329 e. The molecule has 0 bridgehead atoms. The Kier molecular flexibility index (Phi) is 7.66. The third-order valence-corrected chi connectivity index (χ3v) is 4.63.